The van der Waals surface area contributed by atoms with Crippen molar-refractivity contribution in [1.29, 1.82) is 0 Å². The molecule has 3 aromatic rings. The monoisotopic (exact) mass is 429 g/mol. The minimum absolute atomic E-state index is 0.0728. The van der Waals surface area contributed by atoms with Crippen LogP contribution in [0, 0.1) is 0 Å². The summed E-state index contributed by atoms with van der Waals surface area (Å²) in [5.41, 5.74) is 0.992. The molecule has 3 rings (SSSR count). The molecular formula is C21H27N5O3S. The van der Waals surface area contributed by atoms with Crippen molar-refractivity contribution in [3.05, 3.63) is 53.9 Å². The highest BCUT2D eigenvalue weighted by atomic mass is 32.2. The van der Waals surface area contributed by atoms with Gasteiger partial charge in [-0.15, -0.1) is 0 Å². The highest BCUT2D eigenvalue weighted by molar-refractivity contribution is 7.89. The molecule has 9 heteroatoms. The van der Waals surface area contributed by atoms with Crippen LogP contribution >= 0.6 is 0 Å². The third-order valence-corrected chi connectivity index (χ3v) is 6.19. The van der Waals surface area contributed by atoms with Gasteiger partial charge in [-0.1, -0.05) is 18.2 Å². The quantitative estimate of drug-likeness (QED) is 0.626. The number of carbonyl (C=O) groups is 1. The average Bonchev–Trinajstić information content (AvgIpc) is 3.08. The van der Waals surface area contributed by atoms with Crippen LogP contribution in [0.3, 0.4) is 0 Å². The van der Waals surface area contributed by atoms with Crippen molar-refractivity contribution >= 4 is 27.0 Å². The van der Waals surface area contributed by atoms with Crippen LogP contribution in [0.1, 0.15) is 56.6 Å². The lowest BCUT2D eigenvalue weighted by Crippen LogP contribution is -2.41. The first kappa shape index (κ1) is 21.9. The number of carbonyl (C=O) groups excluding carboxylic acids is 1. The fraction of sp³-hybridized carbons (Fsp3) is 0.381. The fourth-order valence-electron chi connectivity index (χ4n) is 3.09. The third kappa shape index (κ3) is 4.85. The van der Waals surface area contributed by atoms with E-state index in [1.165, 1.54) is 12.3 Å². The van der Waals surface area contributed by atoms with Gasteiger partial charge in [0.25, 0.3) is 5.91 Å². The molecule has 2 heterocycles. The Kier molecular flexibility index (Phi) is 5.96. The van der Waals surface area contributed by atoms with E-state index in [-0.39, 0.29) is 23.4 Å². The van der Waals surface area contributed by atoms with Crippen LogP contribution < -0.4 is 10.0 Å². The second kappa shape index (κ2) is 8.16. The maximum atomic E-state index is 12.7. The van der Waals surface area contributed by atoms with E-state index in [2.05, 4.69) is 20.1 Å². The number of rotatable bonds is 6. The first-order valence-corrected chi connectivity index (χ1v) is 11.2. The molecule has 160 valence electrons. The molecule has 2 aromatic heterocycles. The molecule has 0 radical (unpaired) electrons. The minimum atomic E-state index is -3.72. The number of sulfonamides is 1. The van der Waals surface area contributed by atoms with Crippen LogP contribution in [-0.4, -0.2) is 34.6 Å². The Balaban J connectivity index is 1.79. The zero-order valence-electron chi connectivity index (χ0n) is 17.8. The summed E-state index contributed by atoms with van der Waals surface area (Å²) in [7, 11) is -3.72. The van der Waals surface area contributed by atoms with Gasteiger partial charge in [-0.25, -0.2) is 22.8 Å². The molecule has 1 aromatic carbocycles. The first-order valence-electron chi connectivity index (χ1n) is 9.71. The number of nitrogens with one attached hydrogen (secondary N) is 2. The van der Waals surface area contributed by atoms with E-state index in [0.717, 1.165) is 5.39 Å². The number of aromatic nitrogens is 3. The molecule has 1 amide bonds. The number of hydrogen-bond donors (Lipinski definition) is 2. The van der Waals surface area contributed by atoms with E-state index < -0.39 is 15.6 Å². The highest BCUT2D eigenvalue weighted by Crippen LogP contribution is 2.19. The first-order chi connectivity index (χ1) is 14.0. The van der Waals surface area contributed by atoms with Crippen LogP contribution in [0.2, 0.25) is 0 Å². The summed E-state index contributed by atoms with van der Waals surface area (Å²) in [6.45, 7) is 9.42. The van der Waals surface area contributed by atoms with Crippen molar-refractivity contribution in [3.63, 3.8) is 0 Å². The molecule has 0 fully saturated rings. The molecule has 0 aliphatic heterocycles. The van der Waals surface area contributed by atoms with Gasteiger partial charge >= 0.3 is 0 Å². The van der Waals surface area contributed by atoms with Gasteiger partial charge in [0.2, 0.25) is 10.0 Å². The average molecular weight is 430 g/mol. The van der Waals surface area contributed by atoms with Gasteiger partial charge in [0.1, 0.15) is 0 Å². The van der Waals surface area contributed by atoms with E-state index in [9.17, 15) is 13.2 Å². The lowest BCUT2D eigenvalue weighted by Gasteiger charge is -2.21. The Morgan fingerprint density at radius 1 is 1.17 bits per heavy atom. The van der Waals surface area contributed by atoms with Gasteiger partial charge in [-0.2, -0.15) is 5.10 Å². The van der Waals surface area contributed by atoms with Crippen LogP contribution in [0.15, 0.2) is 47.6 Å². The zero-order valence-corrected chi connectivity index (χ0v) is 18.6. The van der Waals surface area contributed by atoms with E-state index in [0.29, 0.717) is 16.8 Å². The zero-order chi connectivity index (χ0) is 22.1. The van der Waals surface area contributed by atoms with E-state index in [1.807, 2.05) is 13.8 Å². The van der Waals surface area contributed by atoms with Gasteiger partial charge in [0.15, 0.2) is 5.65 Å². The Morgan fingerprint density at radius 3 is 2.53 bits per heavy atom. The van der Waals surface area contributed by atoms with Gasteiger partial charge in [0.05, 0.1) is 16.7 Å². The van der Waals surface area contributed by atoms with Gasteiger partial charge < -0.3 is 5.32 Å². The van der Waals surface area contributed by atoms with Crippen molar-refractivity contribution < 1.29 is 13.2 Å². The summed E-state index contributed by atoms with van der Waals surface area (Å²) in [6, 6.07) is 8.51. The van der Waals surface area contributed by atoms with Gasteiger partial charge in [-0.05, 0) is 52.3 Å². The smallest absolute Gasteiger partial charge is 0.253 e. The second-order valence-corrected chi connectivity index (χ2v) is 10.1. The largest absolute Gasteiger partial charge is 0.348 e. The molecule has 0 atom stereocenters. The van der Waals surface area contributed by atoms with Crippen molar-refractivity contribution in [2.24, 2.45) is 0 Å². The van der Waals surface area contributed by atoms with Crippen LogP contribution in [0.5, 0.6) is 0 Å². The molecule has 8 nitrogen and oxygen atoms in total. The number of fused-ring (bicyclic) bond motifs is 1. The predicted octanol–water partition coefficient (Wildman–Crippen LogP) is 3.02. The standard InChI is InChI=1S/C21H27N5O3S/c1-14(2)26-19-16(13-24-26)10-17(12-22-19)20(27)23-11-15-8-6-7-9-18(15)30(28,29)25-21(3,4)5/h6-10,12-14,25H,11H2,1-5H3,(H,23,27). The third-order valence-electron chi connectivity index (χ3n) is 4.33. The maximum absolute atomic E-state index is 12.7. The number of pyridine rings is 1. The molecule has 0 aliphatic carbocycles. The maximum Gasteiger partial charge on any atom is 0.253 e. The Bertz CT molecular complexity index is 1180. The molecule has 0 saturated heterocycles. The normalized spacial score (nSPS) is 12.5. The van der Waals surface area contributed by atoms with Crippen molar-refractivity contribution in [3.8, 4) is 0 Å². The second-order valence-electron chi connectivity index (χ2n) is 8.47. The van der Waals surface area contributed by atoms with Crippen molar-refractivity contribution in [2.45, 2.75) is 57.6 Å². The summed E-state index contributed by atoms with van der Waals surface area (Å²) in [5, 5.41) is 7.86. The Morgan fingerprint density at radius 2 is 1.87 bits per heavy atom. The van der Waals surface area contributed by atoms with Gasteiger partial charge in [0, 0.05) is 29.7 Å². The number of hydrogen-bond acceptors (Lipinski definition) is 5. The van der Waals surface area contributed by atoms with Crippen molar-refractivity contribution in [2.75, 3.05) is 0 Å². The summed E-state index contributed by atoms with van der Waals surface area (Å²) in [4.78, 5) is 17.2. The SMILES string of the molecule is CC(C)n1ncc2cc(C(=O)NCc3ccccc3S(=O)(=O)NC(C)(C)C)cnc21. The topological polar surface area (TPSA) is 106 Å². The summed E-state index contributed by atoms with van der Waals surface area (Å²) in [6.07, 6.45) is 3.18. The molecule has 0 bridgehead atoms. The molecule has 0 unspecified atom stereocenters. The summed E-state index contributed by atoms with van der Waals surface area (Å²) >= 11 is 0. The summed E-state index contributed by atoms with van der Waals surface area (Å²) in [5.74, 6) is -0.335. The molecule has 0 spiro atoms. The van der Waals surface area contributed by atoms with Crippen molar-refractivity contribution in [1.82, 2.24) is 24.8 Å². The number of nitrogens with zero attached hydrogens (tertiary/aromatic N) is 3. The lowest BCUT2D eigenvalue weighted by molar-refractivity contribution is 0.0950. The molecule has 0 aliphatic rings. The predicted molar refractivity (Wildman–Crippen MR) is 116 cm³/mol. The van der Waals surface area contributed by atoms with Crippen LogP contribution in [0.25, 0.3) is 11.0 Å². The molecule has 0 saturated carbocycles. The molecular weight excluding hydrogens is 402 g/mol. The van der Waals surface area contributed by atoms with E-state index >= 15 is 0 Å². The molecule has 30 heavy (non-hydrogen) atoms. The molecule has 2 N–H and O–H groups in total. The Labute approximate surface area is 176 Å². The Hall–Kier alpha value is -2.78. The van der Waals surface area contributed by atoms with E-state index in [1.54, 1.807) is 55.9 Å². The number of amides is 1. The number of benzene rings is 1. The van der Waals surface area contributed by atoms with Crippen LogP contribution in [-0.2, 0) is 16.6 Å². The van der Waals surface area contributed by atoms with Crippen LogP contribution in [0.4, 0.5) is 0 Å². The summed E-state index contributed by atoms with van der Waals surface area (Å²) < 4.78 is 29.9. The van der Waals surface area contributed by atoms with E-state index in [4.69, 9.17) is 0 Å². The highest BCUT2D eigenvalue weighted by Gasteiger charge is 2.24. The fourth-order valence-corrected chi connectivity index (χ4v) is 4.75. The lowest BCUT2D eigenvalue weighted by atomic mass is 10.1. The minimum Gasteiger partial charge on any atom is -0.348 e. The van der Waals surface area contributed by atoms with Gasteiger partial charge in [-0.3, -0.25) is 4.79 Å².